The molecule has 0 bridgehead atoms. The van der Waals surface area contributed by atoms with E-state index in [1.165, 1.54) is 0 Å². The number of aliphatic hydroxyl groups excluding tert-OH is 1. The molecule has 3 nitrogen and oxygen atoms in total. The van der Waals surface area contributed by atoms with Crippen LogP contribution in [0.2, 0.25) is 0 Å². The molecule has 0 aromatic rings. The smallest absolute Gasteiger partial charge is 0.142 e. The molecule has 0 saturated carbocycles. The van der Waals surface area contributed by atoms with Crippen molar-refractivity contribution in [3.63, 3.8) is 0 Å². The van der Waals surface area contributed by atoms with Crippen LogP contribution < -0.4 is 0 Å². The monoisotopic (exact) mass is 174 g/mol. The highest BCUT2D eigenvalue weighted by atomic mass is 16.5. The molecule has 0 rings (SSSR count). The molecule has 0 saturated heterocycles. The third-order valence-corrected chi connectivity index (χ3v) is 2.21. The van der Waals surface area contributed by atoms with E-state index in [1.54, 1.807) is 14.2 Å². The molecule has 0 spiro atoms. The number of methoxy groups -OCH3 is 2. The van der Waals surface area contributed by atoms with Crippen LogP contribution in [0.1, 0.15) is 13.3 Å². The molecule has 4 heteroatoms. The number of ether oxygens (including phenoxy) is 2. The van der Waals surface area contributed by atoms with Crippen LogP contribution in [0.15, 0.2) is 0 Å². The average Bonchev–Trinajstić information content (AvgIpc) is 2.11. The first-order valence-corrected chi connectivity index (χ1v) is 4.33. The van der Waals surface area contributed by atoms with Crippen molar-refractivity contribution >= 4 is 7.85 Å². The first-order valence-electron chi connectivity index (χ1n) is 4.33. The summed E-state index contributed by atoms with van der Waals surface area (Å²) in [4.78, 5) is 0. The summed E-state index contributed by atoms with van der Waals surface area (Å²) in [5.41, 5.74) is 0. The fraction of sp³-hybridized carbons (Fsp3) is 1.00. The second-order valence-electron chi connectivity index (χ2n) is 3.19. The summed E-state index contributed by atoms with van der Waals surface area (Å²) in [7, 11) is 5.14. The van der Waals surface area contributed by atoms with Gasteiger partial charge in [-0.15, -0.1) is 0 Å². The highest BCUT2D eigenvalue weighted by Crippen LogP contribution is 2.11. The molecule has 1 N–H and O–H groups in total. The lowest BCUT2D eigenvalue weighted by Crippen LogP contribution is -2.34. The molecule has 0 fully saturated rings. The molecule has 0 radical (unpaired) electrons. The average molecular weight is 174 g/mol. The largest absolute Gasteiger partial charge is 0.391 e. The summed E-state index contributed by atoms with van der Waals surface area (Å²) < 4.78 is 9.95. The molecule has 12 heavy (non-hydrogen) atoms. The second kappa shape index (κ2) is 6.46. The Hall–Kier alpha value is -0.0551. The highest BCUT2D eigenvalue weighted by molar-refractivity contribution is 6.11. The van der Waals surface area contributed by atoms with Gasteiger partial charge in [0, 0.05) is 26.8 Å². The van der Waals surface area contributed by atoms with E-state index in [0.29, 0.717) is 6.61 Å². The van der Waals surface area contributed by atoms with Crippen molar-refractivity contribution in [1.82, 2.24) is 0 Å². The van der Waals surface area contributed by atoms with Gasteiger partial charge in [0.25, 0.3) is 0 Å². The maximum absolute atomic E-state index is 9.63. The zero-order valence-corrected chi connectivity index (χ0v) is 8.41. The Labute approximate surface area is 75.5 Å². The quantitative estimate of drug-likeness (QED) is 0.558. The van der Waals surface area contributed by atoms with E-state index in [2.05, 4.69) is 0 Å². The SMILES string of the molecule is BC(OC)C(O)C(C)CCOC. The first kappa shape index (κ1) is 11.9. The van der Waals surface area contributed by atoms with Crippen LogP contribution in [0.5, 0.6) is 0 Å². The van der Waals surface area contributed by atoms with Gasteiger partial charge in [0.2, 0.25) is 0 Å². The number of hydrogen-bond donors (Lipinski definition) is 1. The zero-order valence-electron chi connectivity index (χ0n) is 8.41. The van der Waals surface area contributed by atoms with Gasteiger partial charge < -0.3 is 14.6 Å². The van der Waals surface area contributed by atoms with Crippen LogP contribution in [0, 0.1) is 5.92 Å². The molecular weight excluding hydrogens is 155 g/mol. The van der Waals surface area contributed by atoms with Crippen LogP contribution in [-0.4, -0.2) is 45.9 Å². The predicted molar refractivity (Wildman–Crippen MR) is 51.0 cm³/mol. The van der Waals surface area contributed by atoms with Gasteiger partial charge >= 0.3 is 0 Å². The van der Waals surface area contributed by atoms with E-state index >= 15 is 0 Å². The normalized spacial score (nSPS) is 18.7. The molecule has 0 aliphatic rings. The third-order valence-electron chi connectivity index (χ3n) is 2.21. The van der Waals surface area contributed by atoms with E-state index in [9.17, 15) is 5.11 Å². The Morgan fingerprint density at radius 2 is 2.00 bits per heavy atom. The molecule has 0 aliphatic heterocycles. The van der Waals surface area contributed by atoms with E-state index < -0.39 is 6.10 Å². The predicted octanol–water partition coefficient (Wildman–Crippen LogP) is -0.375. The fourth-order valence-electron chi connectivity index (χ4n) is 1.08. The summed E-state index contributed by atoms with van der Waals surface area (Å²) in [6.07, 6.45) is 0.468. The van der Waals surface area contributed by atoms with Crippen molar-refractivity contribution in [3.05, 3.63) is 0 Å². The van der Waals surface area contributed by atoms with Crippen LogP contribution in [-0.2, 0) is 9.47 Å². The summed E-state index contributed by atoms with van der Waals surface area (Å²) in [5, 5.41) is 9.63. The van der Waals surface area contributed by atoms with Gasteiger partial charge in [0.1, 0.15) is 7.85 Å². The number of hydrogen-bond acceptors (Lipinski definition) is 3. The maximum atomic E-state index is 9.63. The molecule has 3 atom stereocenters. The molecule has 0 aromatic carbocycles. The zero-order chi connectivity index (χ0) is 9.56. The van der Waals surface area contributed by atoms with Gasteiger partial charge in [0.15, 0.2) is 0 Å². The maximum Gasteiger partial charge on any atom is 0.142 e. The number of rotatable bonds is 6. The lowest BCUT2D eigenvalue weighted by Gasteiger charge is -2.23. The van der Waals surface area contributed by atoms with Crippen molar-refractivity contribution < 1.29 is 14.6 Å². The molecule has 0 heterocycles. The van der Waals surface area contributed by atoms with Crippen molar-refractivity contribution in [3.8, 4) is 0 Å². The van der Waals surface area contributed by atoms with E-state index in [-0.39, 0.29) is 11.9 Å². The van der Waals surface area contributed by atoms with E-state index in [1.807, 2.05) is 14.8 Å². The van der Waals surface area contributed by atoms with Crippen LogP contribution in [0.4, 0.5) is 0 Å². The Kier molecular flexibility index (Phi) is 6.43. The topological polar surface area (TPSA) is 38.7 Å². The minimum atomic E-state index is -0.398. The van der Waals surface area contributed by atoms with Gasteiger partial charge in [0.05, 0.1) is 6.10 Å². The Balaban J connectivity index is 3.67. The van der Waals surface area contributed by atoms with Gasteiger partial charge in [-0.1, -0.05) is 6.92 Å². The molecular formula is C8H19BO3. The van der Waals surface area contributed by atoms with Gasteiger partial charge in [-0.3, -0.25) is 0 Å². The second-order valence-corrected chi connectivity index (χ2v) is 3.19. The molecule has 3 unspecified atom stereocenters. The van der Waals surface area contributed by atoms with E-state index in [4.69, 9.17) is 9.47 Å². The summed E-state index contributed by atoms with van der Waals surface area (Å²) >= 11 is 0. The first-order chi connectivity index (χ1) is 5.63. The standard InChI is InChI=1S/C8H19BO3/c1-6(4-5-11-2)7(10)8(9)12-3/h6-8,10H,4-5,9H2,1-3H3. The summed E-state index contributed by atoms with van der Waals surface area (Å²) in [6, 6.07) is -0.100. The van der Waals surface area contributed by atoms with Crippen molar-refractivity contribution in [2.24, 2.45) is 5.92 Å². The van der Waals surface area contributed by atoms with Crippen LogP contribution >= 0.6 is 0 Å². The van der Waals surface area contributed by atoms with Gasteiger partial charge in [-0.05, 0) is 12.3 Å². The minimum Gasteiger partial charge on any atom is -0.391 e. The summed E-state index contributed by atoms with van der Waals surface area (Å²) in [6.45, 7) is 2.69. The van der Waals surface area contributed by atoms with Gasteiger partial charge in [-0.2, -0.15) is 0 Å². The third kappa shape index (κ3) is 4.09. The number of aliphatic hydroxyl groups is 1. The molecule has 0 aromatic heterocycles. The Bertz CT molecular complexity index is 110. The Morgan fingerprint density at radius 1 is 1.42 bits per heavy atom. The fourth-order valence-corrected chi connectivity index (χ4v) is 1.08. The van der Waals surface area contributed by atoms with Crippen molar-refractivity contribution in [1.29, 1.82) is 0 Å². The summed E-state index contributed by atoms with van der Waals surface area (Å²) in [5.74, 6) is 0.222. The Morgan fingerprint density at radius 3 is 2.42 bits per heavy atom. The van der Waals surface area contributed by atoms with E-state index in [0.717, 1.165) is 6.42 Å². The van der Waals surface area contributed by atoms with Crippen molar-refractivity contribution in [2.45, 2.75) is 25.5 Å². The molecule has 0 amide bonds. The van der Waals surface area contributed by atoms with Gasteiger partial charge in [-0.25, -0.2) is 0 Å². The lowest BCUT2D eigenvalue weighted by atomic mass is 9.86. The van der Waals surface area contributed by atoms with Crippen molar-refractivity contribution in [2.75, 3.05) is 20.8 Å². The van der Waals surface area contributed by atoms with Crippen LogP contribution in [0.3, 0.4) is 0 Å². The lowest BCUT2D eigenvalue weighted by molar-refractivity contribution is -0.00220. The molecule has 0 aliphatic carbocycles. The highest BCUT2D eigenvalue weighted by Gasteiger charge is 2.19. The minimum absolute atomic E-state index is 0.100. The van der Waals surface area contributed by atoms with Crippen LogP contribution in [0.25, 0.3) is 0 Å². The molecule has 72 valence electrons.